The fraction of sp³-hybridized carbons (Fsp3) is 0.400. The number of carbonyl (C=O) groups excluding carboxylic acids is 2. The van der Waals surface area contributed by atoms with Gasteiger partial charge in [-0.1, -0.05) is 30.3 Å². The molecule has 3 heterocycles. The van der Waals surface area contributed by atoms with Crippen molar-refractivity contribution in [3.63, 3.8) is 0 Å². The molecule has 0 radical (unpaired) electrons. The number of imide groups is 1. The van der Waals surface area contributed by atoms with Crippen LogP contribution in [0.3, 0.4) is 0 Å². The molecule has 2 fully saturated rings. The third-order valence-electron chi connectivity index (χ3n) is 4.67. The fourth-order valence-electron chi connectivity index (χ4n) is 3.37. The number of rotatable bonds is 1. The maximum atomic E-state index is 12.6. The predicted molar refractivity (Wildman–Crippen MR) is 83.2 cm³/mol. The molecule has 0 aromatic heterocycles. The Bertz CT molecular complexity index is 690. The minimum absolute atomic E-state index is 0.191. The van der Waals surface area contributed by atoms with Gasteiger partial charge in [0.25, 0.3) is 5.91 Å². The SMILES string of the molecule is CN1C(=O)C2C(NC3NN=C(c4ccccc4)CN32)N(C)C1=O. The van der Waals surface area contributed by atoms with E-state index in [1.54, 1.807) is 11.9 Å². The Kier molecular flexibility index (Phi) is 3.10. The Morgan fingerprint density at radius 3 is 2.65 bits per heavy atom. The van der Waals surface area contributed by atoms with Gasteiger partial charge in [0.2, 0.25) is 0 Å². The highest BCUT2D eigenvalue weighted by molar-refractivity contribution is 6.04. The van der Waals surface area contributed by atoms with Gasteiger partial charge in [-0.2, -0.15) is 5.10 Å². The smallest absolute Gasteiger partial charge is 0.310 e. The molecule has 3 amide bonds. The molecule has 8 nitrogen and oxygen atoms in total. The van der Waals surface area contributed by atoms with E-state index in [1.807, 2.05) is 35.2 Å². The normalized spacial score (nSPS) is 30.7. The first-order chi connectivity index (χ1) is 11.1. The third-order valence-corrected chi connectivity index (χ3v) is 4.67. The van der Waals surface area contributed by atoms with Gasteiger partial charge in [0.05, 0.1) is 5.71 Å². The van der Waals surface area contributed by atoms with Crippen LogP contribution < -0.4 is 10.7 Å². The molecule has 0 spiro atoms. The van der Waals surface area contributed by atoms with Gasteiger partial charge in [-0.15, -0.1) is 0 Å². The highest BCUT2D eigenvalue weighted by Gasteiger charge is 2.54. The Labute approximate surface area is 133 Å². The summed E-state index contributed by atoms with van der Waals surface area (Å²) in [5, 5.41) is 7.69. The second-order valence-electron chi connectivity index (χ2n) is 5.98. The van der Waals surface area contributed by atoms with E-state index in [9.17, 15) is 9.59 Å². The monoisotopic (exact) mass is 314 g/mol. The minimum Gasteiger partial charge on any atom is -0.310 e. The van der Waals surface area contributed by atoms with Crippen LogP contribution in [0.1, 0.15) is 5.56 Å². The summed E-state index contributed by atoms with van der Waals surface area (Å²) in [5.41, 5.74) is 4.94. The number of benzene rings is 1. The quantitative estimate of drug-likeness (QED) is 0.724. The van der Waals surface area contributed by atoms with Gasteiger partial charge in [-0.05, 0) is 5.56 Å². The first-order valence-corrected chi connectivity index (χ1v) is 7.51. The van der Waals surface area contributed by atoms with Gasteiger partial charge in [-0.3, -0.25) is 20.4 Å². The molecular weight excluding hydrogens is 296 g/mol. The van der Waals surface area contributed by atoms with Crippen LogP contribution in [0.25, 0.3) is 0 Å². The maximum Gasteiger partial charge on any atom is 0.327 e. The molecule has 1 aromatic rings. The topological polar surface area (TPSA) is 80.3 Å². The van der Waals surface area contributed by atoms with E-state index in [0.29, 0.717) is 6.54 Å². The van der Waals surface area contributed by atoms with Crippen molar-refractivity contribution in [3.8, 4) is 0 Å². The molecule has 2 N–H and O–H groups in total. The number of hydrogen-bond acceptors (Lipinski definition) is 6. The zero-order valence-electron chi connectivity index (χ0n) is 12.9. The number of hydrogen-bond donors (Lipinski definition) is 2. The zero-order chi connectivity index (χ0) is 16.1. The lowest BCUT2D eigenvalue weighted by Crippen LogP contribution is -2.65. The summed E-state index contributed by atoms with van der Waals surface area (Å²) in [6.07, 6.45) is -0.614. The number of amides is 3. The van der Waals surface area contributed by atoms with Crippen LogP contribution in [0.2, 0.25) is 0 Å². The summed E-state index contributed by atoms with van der Waals surface area (Å²) in [6.45, 7) is 0.539. The summed E-state index contributed by atoms with van der Waals surface area (Å²) >= 11 is 0. The van der Waals surface area contributed by atoms with E-state index in [1.165, 1.54) is 11.9 Å². The molecule has 2 saturated heterocycles. The Hall–Kier alpha value is -2.45. The summed E-state index contributed by atoms with van der Waals surface area (Å²) < 4.78 is 0. The van der Waals surface area contributed by atoms with Gasteiger partial charge in [0.15, 0.2) is 6.29 Å². The maximum absolute atomic E-state index is 12.6. The van der Waals surface area contributed by atoms with Gasteiger partial charge in [0.1, 0.15) is 12.2 Å². The Morgan fingerprint density at radius 2 is 1.91 bits per heavy atom. The lowest BCUT2D eigenvalue weighted by molar-refractivity contribution is -0.136. The van der Waals surface area contributed by atoms with Crippen LogP contribution >= 0.6 is 0 Å². The van der Waals surface area contributed by atoms with Crippen molar-refractivity contribution < 1.29 is 9.59 Å². The van der Waals surface area contributed by atoms with Crippen LogP contribution in [0.4, 0.5) is 4.79 Å². The minimum atomic E-state index is -0.422. The van der Waals surface area contributed by atoms with E-state index < -0.39 is 6.04 Å². The number of likely N-dealkylation sites (N-methyl/N-ethyl adjacent to an activating group) is 2. The van der Waals surface area contributed by atoms with Crippen molar-refractivity contribution >= 4 is 17.6 Å². The average molecular weight is 314 g/mol. The van der Waals surface area contributed by atoms with Crippen molar-refractivity contribution in [1.29, 1.82) is 0 Å². The first-order valence-electron chi connectivity index (χ1n) is 7.51. The number of urea groups is 1. The molecule has 0 aliphatic carbocycles. The number of carbonyl (C=O) groups is 2. The number of nitrogens with one attached hydrogen (secondary N) is 2. The van der Waals surface area contributed by atoms with Gasteiger partial charge in [-0.25, -0.2) is 9.69 Å². The van der Waals surface area contributed by atoms with Gasteiger partial charge >= 0.3 is 6.03 Å². The second kappa shape index (κ2) is 5.04. The molecule has 120 valence electrons. The molecule has 8 heteroatoms. The van der Waals surface area contributed by atoms with Crippen LogP contribution in [0.15, 0.2) is 35.4 Å². The molecule has 3 atom stereocenters. The highest BCUT2D eigenvalue weighted by Crippen LogP contribution is 2.27. The molecule has 0 bridgehead atoms. The van der Waals surface area contributed by atoms with Crippen molar-refractivity contribution in [2.24, 2.45) is 5.10 Å². The highest BCUT2D eigenvalue weighted by atomic mass is 16.2. The summed E-state index contributed by atoms with van der Waals surface area (Å²) in [6, 6.07) is 9.14. The van der Waals surface area contributed by atoms with Gasteiger partial charge < -0.3 is 4.90 Å². The predicted octanol–water partition coefficient (Wildman–Crippen LogP) is -0.599. The number of fused-ring (bicyclic) bond motifs is 3. The first kappa shape index (κ1) is 14.2. The fourth-order valence-corrected chi connectivity index (χ4v) is 3.37. The van der Waals surface area contributed by atoms with Crippen molar-refractivity contribution in [2.75, 3.05) is 20.6 Å². The van der Waals surface area contributed by atoms with E-state index in [-0.39, 0.29) is 24.4 Å². The van der Waals surface area contributed by atoms with Crippen LogP contribution in [-0.4, -0.2) is 71.5 Å². The molecule has 3 aliphatic heterocycles. The van der Waals surface area contributed by atoms with E-state index in [2.05, 4.69) is 15.8 Å². The van der Waals surface area contributed by atoms with Crippen LogP contribution in [-0.2, 0) is 4.79 Å². The summed E-state index contributed by atoms with van der Waals surface area (Å²) in [7, 11) is 3.22. The Balaban J connectivity index is 1.64. The lowest BCUT2D eigenvalue weighted by atomic mass is 10.1. The summed E-state index contributed by atoms with van der Waals surface area (Å²) in [4.78, 5) is 29.4. The van der Waals surface area contributed by atoms with Crippen LogP contribution in [0, 0.1) is 0 Å². The molecule has 3 aliphatic rings. The average Bonchev–Trinajstić information content (AvgIpc) is 2.97. The zero-order valence-corrected chi connectivity index (χ0v) is 12.9. The van der Waals surface area contributed by atoms with E-state index in [4.69, 9.17) is 0 Å². The summed E-state index contributed by atoms with van der Waals surface area (Å²) in [5.74, 6) is -0.191. The molecule has 1 aromatic carbocycles. The molecule has 0 saturated carbocycles. The molecule has 4 rings (SSSR count). The van der Waals surface area contributed by atoms with Gasteiger partial charge in [0, 0.05) is 20.6 Å². The van der Waals surface area contributed by atoms with Crippen molar-refractivity contribution in [3.05, 3.63) is 35.9 Å². The second-order valence-corrected chi connectivity index (χ2v) is 5.98. The van der Waals surface area contributed by atoms with Crippen LogP contribution in [0.5, 0.6) is 0 Å². The number of hydrazone groups is 1. The molecule has 3 unspecified atom stereocenters. The molecule has 23 heavy (non-hydrogen) atoms. The Morgan fingerprint density at radius 1 is 1.17 bits per heavy atom. The number of nitrogens with zero attached hydrogens (tertiary/aromatic N) is 4. The van der Waals surface area contributed by atoms with Crippen molar-refractivity contribution in [2.45, 2.75) is 18.5 Å². The van der Waals surface area contributed by atoms with Crippen molar-refractivity contribution in [1.82, 2.24) is 25.4 Å². The third kappa shape index (κ3) is 2.02. The largest absolute Gasteiger partial charge is 0.327 e. The van der Waals surface area contributed by atoms with E-state index in [0.717, 1.165) is 11.3 Å². The standard InChI is InChI=1S/C15H18N6O2/c1-19-12-11(13(22)20(2)15(19)23)21-8-10(17-18-14(21)16-12)9-6-4-3-5-7-9/h3-7,11-12,14,16,18H,8H2,1-2H3. The van der Waals surface area contributed by atoms with E-state index >= 15 is 0 Å². The lowest BCUT2D eigenvalue weighted by Gasteiger charge is -2.40. The molecular formula is C15H18N6O2.